The lowest BCUT2D eigenvalue weighted by atomic mass is 9.81. The van der Waals surface area contributed by atoms with Crippen molar-refractivity contribution in [2.75, 3.05) is 9.80 Å². The van der Waals surface area contributed by atoms with Gasteiger partial charge in [-0.2, -0.15) is 0 Å². The quantitative estimate of drug-likeness (QED) is 0.126. The minimum Gasteiger partial charge on any atom is -0.310 e. The monoisotopic (exact) mass is 1400 g/mol. The van der Waals surface area contributed by atoms with Crippen molar-refractivity contribution in [2.45, 2.75) is 96.3 Å². The molecule has 0 amide bonds. The summed E-state index contributed by atoms with van der Waals surface area (Å²) in [6.07, 6.45) is 9.25. The Morgan fingerprint density at radius 2 is 0.376 bits per heavy atom. The molecule has 7 aliphatic rings. The molecule has 522 valence electrons. The van der Waals surface area contributed by atoms with E-state index in [1.165, 1.54) is 178 Å². The van der Waals surface area contributed by atoms with Gasteiger partial charge >= 0.3 is 0 Å². The molecule has 2 nitrogen and oxygen atoms in total. The molecule has 14 aromatic rings. The average molecular weight is 1400 g/mol. The molecule has 0 radical (unpaired) electrons. The third-order valence-electron chi connectivity index (χ3n) is 26.5. The van der Waals surface area contributed by atoms with Crippen LogP contribution in [-0.4, -0.2) is 0 Å². The van der Waals surface area contributed by atoms with E-state index in [0.29, 0.717) is 0 Å². The Kier molecular flexibility index (Phi) is 13.6. The van der Waals surface area contributed by atoms with E-state index < -0.39 is 0 Å². The molecule has 0 fully saturated rings. The van der Waals surface area contributed by atoms with Gasteiger partial charge in [0.2, 0.25) is 0 Å². The first-order chi connectivity index (χ1) is 52.6. The van der Waals surface area contributed by atoms with Gasteiger partial charge in [-0.1, -0.05) is 313 Å². The number of nitrogens with zero attached hydrogens (tertiary/aromatic N) is 2. The molecule has 0 aromatic heterocycles. The SMILES string of the molecule is C=C1c2ccccc2-c2ccc(N(c3ccc4c(c3)C(C)(C)c3ccccc3-4)c3ccc4c(c3)C(C)(C)c3cc(/C=C/c5ccc6c(c5)C(C)(C)c5cc(/C=C/c7ccc8c(c7)C(C)(C)c7cc(N(c9ccc%10c(c9)C(=C)c9ccccc9-%10)c9ccc%10c(c9)C(C)(C)c9ccccc9-%10)ccc7-8)ccc5-6)ccc3-4)cc21. The van der Waals surface area contributed by atoms with Gasteiger partial charge in [0.05, 0.1) is 0 Å². The molecule has 21 rings (SSSR count). The van der Waals surface area contributed by atoms with E-state index in [2.05, 4.69) is 396 Å². The van der Waals surface area contributed by atoms with Gasteiger partial charge in [-0.05, 0) is 262 Å². The van der Waals surface area contributed by atoms with Crippen molar-refractivity contribution in [2.24, 2.45) is 0 Å². The van der Waals surface area contributed by atoms with Crippen LogP contribution in [-0.2, 0) is 27.1 Å². The zero-order chi connectivity index (χ0) is 74.1. The Balaban J connectivity index is 0.543. The maximum atomic E-state index is 4.66. The zero-order valence-electron chi connectivity index (χ0n) is 63.7. The maximum absolute atomic E-state index is 4.66. The molecule has 14 aromatic carbocycles. The lowest BCUT2D eigenvalue weighted by Gasteiger charge is -2.30. The Hall–Kier alpha value is -12.4. The second-order valence-corrected chi connectivity index (χ2v) is 34.2. The van der Waals surface area contributed by atoms with Crippen LogP contribution in [0.2, 0.25) is 0 Å². The fourth-order valence-electron chi connectivity index (χ4n) is 20.5. The smallest absolute Gasteiger partial charge is 0.0468 e. The molecule has 0 heterocycles. The molecule has 0 aliphatic heterocycles. The van der Waals surface area contributed by atoms with Crippen LogP contribution in [0.1, 0.15) is 169 Å². The van der Waals surface area contributed by atoms with Crippen LogP contribution < -0.4 is 9.80 Å². The van der Waals surface area contributed by atoms with Gasteiger partial charge in [-0.3, -0.25) is 0 Å². The molecule has 0 saturated heterocycles. The Morgan fingerprint density at radius 3 is 0.661 bits per heavy atom. The van der Waals surface area contributed by atoms with Crippen LogP contribution in [0.4, 0.5) is 34.1 Å². The van der Waals surface area contributed by atoms with Crippen LogP contribution in [0.3, 0.4) is 0 Å². The summed E-state index contributed by atoms with van der Waals surface area (Å²) < 4.78 is 0. The zero-order valence-corrected chi connectivity index (χ0v) is 63.7. The minimum absolute atomic E-state index is 0.142. The number of hydrogen-bond donors (Lipinski definition) is 0. The number of anilines is 6. The second kappa shape index (κ2) is 22.8. The van der Waals surface area contributed by atoms with E-state index in [4.69, 9.17) is 0 Å². The average Bonchev–Trinajstić information content (AvgIpc) is 1.60. The standard InChI is InChI=1S/C107H84N2/c1-63-75-21-13-15-23-77(75)79-47-37-69(57-91(63)79)108(71-39-49-87-81-25-17-19-27-93(81)103(3,4)99(87)59-71)73-41-51-89-85-45-35-67(55-97(85)106(9,10)101(89)61-73)31-29-65-33-43-83-84-44-34-66(54-96(84)105(7,8)95(83)53-65)30-32-68-36-46-86-90-52-42-74(62-102(90)107(11,12)98(86)56-68)109(70-38-48-80-78-24-16-14-22-76(78)64(2)92(80)58-70)72-40-50-88-82-26-18-20-28-94(82)104(5,6)100(88)60-72/h13-62H,1-2H2,3-12H3/b31-29+,32-30+. The molecule has 109 heavy (non-hydrogen) atoms. The summed E-state index contributed by atoms with van der Waals surface area (Å²) in [5.41, 5.74) is 49.3. The summed E-state index contributed by atoms with van der Waals surface area (Å²) in [4.78, 5) is 4.96. The molecule has 2 heteroatoms. The number of rotatable bonds is 10. The largest absolute Gasteiger partial charge is 0.310 e. The molecule has 7 aliphatic carbocycles. The topological polar surface area (TPSA) is 6.48 Å². The minimum atomic E-state index is -0.254. The van der Waals surface area contributed by atoms with Crippen LogP contribution in [0, 0.1) is 0 Å². The van der Waals surface area contributed by atoms with Gasteiger partial charge in [-0.15, -0.1) is 0 Å². The molecule has 0 spiro atoms. The molecular formula is C107H84N2. The van der Waals surface area contributed by atoms with E-state index in [1.807, 2.05) is 0 Å². The first-order valence-corrected chi connectivity index (χ1v) is 38.8. The predicted molar refractivity (Wildman–Crippen MR) is 462 cm³/mol. The van der Waals surface area contributed by atoms with E-state index in [-0.39, 0.29) is 27.1 Å². The van der Waals surface area contributed by atoms with Crippen LogP contribution in [0.15, 0.2) is 292 Å². The lowest BCUT2D eigenvalue weighted by Crippen LogP contribution is -2.18. The fraction of sp³-hybridized carbons (Fsp3) is 0.140. The fourth-order valence-corrected chi connectivity index (χ4v) is 20.5. The first-order valence-electron chi connectivity index (χ1n) is 38.8. The molecule has 0 saturated carbocycles. The molecule has 0 atom stereocenters. The van der Waals surface area contributed by atoms with Crippen molar-refractivity contribution < 1.29 is 0 Å². The van der Waals surface area contributed by atoms with E-state index in [9.17, 15) is 0 Å². The highest BCUT2D eigenvalue weighted by Crippen LogP contribution is 2.59. The summed E-state index contributed by atoms with van der Waals surface area (Å²) >= 11 is 0. The van der Waals surface area contributed by atoms with E-state index >= 15 is 0 Å². The van der Waals surface area contributed by atoms with Crippen molar-refractivity contribution in [3.63, 3.8) is 0 Å². The predicted octanol–water partition coefficient (Wildman–Crippen LogP) is 28.6. The van der Waals surface area contributed by atoms with Crippen molar-refractivity contribution in [3.05, 3.63) is 392 Å². The summed E-state index contributed by atoms with van der Waals surface area (Å²) in [6.45, 7) is 33.2. The summed E-state index contributed by atoms with van der Waals surface area (Å²) in [7, 11) is 0. The number of hydrogen-bond acceptors (Lipinski definition) is 2. The Labute approximate surface area is 641 Å². The Morgan fingerprint density at radius 1 is 0.183 bits per heavy atom. The molecular weight excluding hydrogens is 1310 g/mol. The van der Waals surface area contributed by atoms with Crippen LogP contribution in [0.25, 0.3) is 113 Å². The number of benzene rings is 14. The number of fused-ring (bicyclic) bond motifs is 21. The highest BCUT2D eigenvalue weighted by Gasteiger charge is 2.42. The first kappa shape index (κ1) is 65.0. The molecule has 0 unspecified atom stereocenters. The summed E-state index contributed by atoms with van der Waals surface area (Å²) in [5.74, 6) is 0. The highest BCUT2D eigenvalue weighted by atomic mass is 15.1. The van der Waals surface area contributed by atoms with Crippen molar-refractivity contribution in [1.82, 2.24) is 0 Å². The maximum Gasteiger partial charge on any atom is 0.0468 e. The second-order valence-electron chi connectivity index (χ2n) is 34.2. The van der Waals surface area contributed by atoms with Gasteiger partial charge in [0.25, 0.3) is 0 Å². The van der Waals surface area contributed by atoms with Gasteiger partial charge in [0, 0.05) is 61.2 Å². The van der Waals surface area contributed by atoms with E-state index in [1.54, 1.807) is 0 Å². The Bertz CT molecular complexity index is 6110. The third-order valence-corrected chi connectivity index (χ3v) is 26.5. The highest BCUT2D eigenvalue weighted by molar-refractivity contribution is 6.04. The van der Waals surface area contributed by atoms with Gasteiger partial charge in [0.1, 0.15) is 0 Å². The van der Waals surface area contributed by atoms with Crippen molar-refractivity contribution >= 4 is 69.6 Å². The van der Waals surface area contributed by atoms with E-state index in [0.717, 1.165) is 45.3 Å². The van der Waals surface area contributed by atoms with Gasteiger partial charge in [-0.25, -0.2) is 0 Å². The third kappa shape index (κ3) is 9.34. The van der Waals surface area contributed by atoms with Crippen LogP contribution >= 0.6 is 0 Å². The lowest BCUT2D eigenvalue weighted by molar-refractivity contribution is 0.659. The van der Waals surface area contributed by atoms with Gasteiger partial charge < -0.3 is 9.80 Å². The van der Waals surface area contributed by atoms with Crippen molar-refractivity contribution in [1.29, 1.82) is 0 Å². The summed E-state index contributed by atoms with van der Waals surface area (Å²) in [6, 6.07) is 106. The van der Waals surface area contributed by atoms with Crippen LogP contribution in [0.5, 0.6) is 0 Å². The normalized spacial score (nSPS) is 15.9. The molecule has 0 N–H and O–H groups in total. The van der Waals surface area contributed by atoms with Crippen molar-refractivity contribution in [3.8, 4) is 77.9 Å². The molecule has 0 bridgehead atoms. The van der Waals surface area contributed by atoms with Gasteiger partial charge in [0.15, 0.2) is 0 Å². The summed E-state index contributed by atoms with van der Waals surface area (Å²) in [5, 5.41) is 0.